The minimum atomic E-state index is -1.12. The van der Waals surface area contributed by atoms with Crippen LogP contribution in [0.3, 0.4) is 0 Å². The molecule has 4 amide bonds. The molecule has 5 rings (SSSR count). The fourth-order valence-corrected chi connectivity index (χ4v) is 5.30. The standard InChI is InChI=1S/C35H38N4O5/c1-22-33(42)38-29(34(43)39-30(21-23-7-3-2-4-8-23)32(41)35(44)37-28-15-16-28)17-13-24-9-5-11-26(19-24)27-12-6-10-25(20-27)14-18-31(40)36-22/h2-12,19-20,22,28-30H,13-18,21H2,1H3,(H,36,40)(H,37,44)(H,38,42)(H,39,43)/t22-,29-,30-/m0/s1. The lowest BCUT2D eigenvalue weighted by molar-refractivity contribution is -0.140. The van der Waals surface area contributed by atoms with E-state index in [0.717, 1.165) is 40.7 Å². The van der Waals surface area contributed by atoms with Crippen LogP contribution in [0.25, 0.3) is 11.1 Å². The number of nitrogens with one attached hydrogen (secondary N) is 4. The van der Waals surface area contributed by atoms with E-state index in [4.69, 9.17) is 0 Å². The highest BCUT2D eigenvalue weighted by Gasteiger charge is 2.33. The molecule has 44 heavy (non-hydrogen) atoms. The van der Waals surface area contributed by atoms with Gasteiger partial charge >= 0.3 is 0 Å². The molecule has 228 valence electrons. The van der Waals surface area contributed by atoms with Crippen molar-refractivity contribution < 1.29 is 24.0 Å². The summed E-state index contributed by atoms with van der Waals surface area (Å²) in [7, 11) is 0. The molecule has 3 aromatic carbocycles. The first-order valence-electron chi connectivity index (χ1n) is 15.2. The molecule has 1 aliphatic carbocycles. The molecule has 9 nitrogen and oxygen atoms in total. The minimum absolute atomic E-state index is 0.0122. The number of carbonyl (C=O) groups is 5. The Morgan fingerprint density at radius 2 is 1.45 bits per heavy atom. The van der Waals surface area contributed by atoms with Gasteiger partial charge < -0.3 is 21.3 Å². The zero-order chi connectivity index (χ0) is 31.1. The Balaban J connectivity index is 1.39. The van der Waals surface area contributed by atoms with E-state index in [1.54, 1.807) is 6.92 Å². The average Bonchev–Trinajstić information content (AvgIpc) is 3.85. The molecule has 2 aliphatic rings. The van der Waals surface area contributed by atoms with Gasteiger partial charge in [-0.2, -0.15) is 0 Å². The molecule has 0 spiro atoms. The predicted molar refractivity (Wildman–Crippen MR) is 166 cm³/mol. The summed E-state index contributed by atoms with van der Waals surface area (Å²) in [5.74, 6) is -2.82. The van der Waals surface area contributed by atoms with Gasteiger partial charge in [0.05, 0.1) is 0 Å². The first kappa shape index (κ1) is 30.7. The first-order chi connectivity index (χ1) is 21.2. The Morgan fingerprint density at radius 3 is 2.11 bits per heavy atom. The largest absolute Gasteiger partial charge is 0.347 e. The van der Waals surface area contributed by atoms with Crippen LogP contribution in [0.1, 0.15) is 49.3 Å². The summed E-state index contributed by atoms with van der Waals surface area (Å²) in [4.78, 5) is 65.6. The molecular formula is C35H38N4O5. The van der Waals surface area contributed by atoms with Crippen LogP contribution in [0.15, 0.2) is 78.9 Å². The van der Waals surface area contributed by atoms with Crippen LogP contribution in [0.2, 0.25) is 0 Å². The molecule has 0 aromatic heterocycles. The summed E-state index contributed by atoms with van der Waals surface area (Å²) in [5, 5.41) is 11.0. The number of hydrogen-bond donors (Lipinski definition) is 4. The van der Waals surface area contributed by atoms with Gasteiger partial charge in [0.25, 0.3) is 5.91 Å². The van der Waals surface area contributed by atoms with Gasteiger partial charge in [-0.1, -0.05) is 78.9 Å². The predicted octanol–water partition coefficient (Wildman–Crippen LogP) is 2.80. The van der Waals surface area contributed by atoms with Crippen LogP contribution >= 0.6 is 0 Å². The van der Waals surface area contributed by atoms with Crippen molar-refractivity contribution in [1.29, 1.82) is 0 Å². The Hall–Kier alpha value is -4.79. The number of aryl methyl sites for hydroxylation is 2. The molecule has 4 bridgehead atoms. The summed E-state index contributed by atoms with van der Waals surface area (Å²) >= 11 is 0. The van der Waals surface area contributed by atoms with Gasteiger partial charge in [-0.15, -0.1) is 0 Å². The van der Waals surface area contributed by atoms with Gasteiger partial charge in [0.15, 0.2) is 0 Å². The van der Waals surface area contributed by atoms with Crippen molar-refractivity contribution in [3.8, 4) is 11.1 Å². The van der Waals surface area contributed by atoms with E-state index >= 15 is 0 Å². The molecule has 0 radical (unpaired) electrons. The maximum absolute atomic E-state index is 13.8. The molecule has 1 aliphatic heterocycles. The highest BCUT2D eigenvalue weighted by Crippen LogP contribution is 2.23. The summed E-state index contributed by atoms with van der Waals surface area (Å²) in [5.41, 5.74) is 4.82. The minimum Gasteiger partial charge on any atom is -0.347 e. The summed E-state index contributed by atoms with van der Waals surface area (Å²) < 4.78 is 0. The van der Waals surface area contributed by atoms with Gasteiger partial charge in [-0.25, -0.2) is 0 Å². The number of hydrogen-bond acceptors (Lipinski definition) is 5. The van der Waals surface area contributed by atoms with Crippen LogP contribution < -0.4 is 21.3 Å². The molecule has 1 heterocycles. The van der Waals surface area contributed by atoms with Crippen molar-refractivity contribution in [1.82, 2.24) is 21.3 Å². The third-order valence-electron chi connectivity index (χ3n) is 8.01. The van der Waals surface area contributed by atoms with Gasteiger partial charge in [-0.05, 0) is 66.8 Å². The van der Waals surface area contributed by atoms with Gasteiger partial charge in [-0.3, -0.25) is 24.0 Å². The van der Waals surface area contributed by atoms with E-state index in [-0.39, 0.29) is 31.2 Å². The Kier molecular flexibility index (Phi) is 9.84. The second kappa shape index (κ2) is 14.1. The van der Waals surface area contributed by atoms with E-state index in [2.05, 4.69) is 33.4 Å². The lowest BCUT2D eigenvalue weighted by atomic mass is 9.96. The number of Topliss-reactive ketones (excluding diaryl/α,β-unsaturated/α-hetero) is 1. The van der Waals surface area contributed by atoms with Crippen LogP contribution in [0, 0.1) is 0 Å². The fourth-order valence-electron chi connectivity index (χ4n) is 5.30. The smallest absolute Gasteiger partial charge is 0.289 e. The molecule has 9 heteroatoms. The van der Waals surface area contributed by atoms with E-state index in [0.29, 0.717) is 12.8 Å². The summed E-state index contributed by atoms with van der Waals surface area (Å²) in [6.07, 6.45) is 3.20. The first-order valence-corrected chi connectivity index (χ1v) is 15.2. The lowest BCUT2D eigenvalue weighted by Crippen LogP contribution is -2.57. The molecule has 4 N–H and O–H groups in total. The number of rotatable bonds is 7. The molecule has 3 aromatic rings. The van der Waals surface area contributed by atoms with Crippen LogP contribution in [-0.4, -0.2) is 53.6 Å². The second-order valence-corrected chi connectivity index (χ2v) is 11.7. The molecule has 3 atom stereocenters. The highest BCUT2D eigenvalue weighted by atomic mass is 16.2. The average molecular weight is 595 g/mol. The number of carbonyl (C=O) groups excluding carboxylic acids is 5. The van der Waals surface area contributed by atoms with Crippen molar-refractivity contribution in [3.63, 3.8) is 0 Å². The van der Waals surface area contributed by atoms with E-state index < -0.39 is 41.6 Å². The SMILES string of the molecule is C[C@@H]1NC(=O)CCc2cccc(c2)-c2cccc(c2)CC[C@@H](C(=O)N[C@@H](Cc2ccccc2)C(=O)C(=O)NC2CC2)NC1=O. The van der Waals surface area contributed by atoms with Gasteiger partial charge in [0.1, 0.15) is 18.1 Å². The fraction of sp³-hybridized carbons (Fsp3) is 0.343. The maximum Gasteiger partial charge on any atom is 0.289 e. The van der Waals surface area contributed by atoms with Gasteiger partial charge in [0.2, 0.25) is 23.5 Å². The van der Waals surface area contributed by atoms with Crippen molar-refractivity contribution in [3.05, 3.63) is 95.6 Å². The molecule has 1 saturated carbocycles. The monoisotopic (exact) mass is 594 g/mol. The van der Waals surface area contributed by atoms with Crippen molar-refractivity contribution in [2.75, 3.05) is 0 Å². The zero-order valence-corrected chi connectivity index (χ0v) is 24.8. The Bertz CT molecular complexity index is 1530. The van der Waals surface area contributed by atoms with E-state index in [9.17, 15) is 24.0 Å². The van der Waals surface area contributed by atoms with Crippen molar-refractivity contribution in [2.24, 2.45) is 0 Å². The molecule has 0 saturated heterocycles. The van der Waals surface area contributed by atoms with Crippen LogP contribution in [0.4, 0.5) is 0 Å². The lowest BCUT2D eigenvalue weighted by Gasteiger charge is -2.24. The molecule has 1 fully saturated rings. The van der Waals surface area contributed by atoms with Crippen LogP contribution in [0.5, 0.6) is 0 Å². The van der Waals surface area contributed by atoms with Crippen molar-refractivity contribution in [2.45, 2.75) is 76.0 Å². The number of amides is 4. The van der Waals surface area contributed by atoms with E-state index in [1.165, 1.54) is 0 Å². The summed E-state index contributed by atoms with van der Waals surface area (Å²) in [6, 6.07) is 22.1. The normalized spacial score (nSPS) is 19.6. The summed E-state index contributed by atoms with van der Waals surface area (Å²) in [6.45, 7) is 1.57. The van der Waals surface area contributed by atoms with Crippen molar-refractivity contribution >= 4 is 29.4 Å². The van der Waals surface area contributed by atoms with Crippen LogP contribution in [-0.2, 0) is 43.2 Å². The Labute approximate surface area is 257 Å². The number of benzene rings is 3. The topological polar surface area (TPSA) is 133 Å². The zero-order valence-electron chi connectivity index (χ0n) is 24.8. The third-order valence-corrected chi connectivity index (χ3v) is 8.01. The quantitative estimate of drug-likeness (QED) is 0.312. The molecule has 0 unspecified atom stereocenters. The highest BCUT2D eigenvalue weighted by molar-refractivity contribution is 6.38. The van der Waals surface area contributed by atoms with E-state index in [1.807, 2.05) is 66.7 Å². The third kappa shape index (κ3) is 8.40. The van der Waals surface area contributed by atoms with Gasteiger partial charge in [0, 0.05) is 18.9 Å². The molecular weight excluding hydrogens is 556 g/mol. The second-order valence-electron chi connectivity index (χ2n) is 11.7. The maximum atomic E-state index is 13.8. The number of fused-ring (bicyclic) bond motifs is 5. The Morgan fingerprint density at radius 1 is 0.795 bits per heavy atom. The number of ketones is 1.